The van der Waals surface area contributed by atoms with E-state index >= 15 is 0 Å². The summed E-state index contributed by atoms with van der Waals surface area (Å²) in [7, 11) is 0. The van der Waals surface area contributed by atoms with Crippen molar-refractivity contribution in [3.05, 3.63) is 59.2 Å². The van der Waals surface area contributed by atoms with E-state index < -0.39 is 5.82 Å². The number of benzene rings is 1. The van der Waals surface area contributed by atoms with Gasteiger partial charge in [-0.2, -0.15) is 5.26 Å². The summed E-state index contributed by atoms with van der Waals surface area (Å²) in [5.41, 5.74) is 4.02. The maximum absolute atomic E-state index is 13.7. The monoisotopic (exact) mass is 250 g/mol. The molecule has 0 unspecified atom stereocenters. The highest BCUT2D eigenvalue weighted by Gasteiger charge is 2.12. The van der Waals surface area contributed by atoms with Crippen molar-refractivity contribution in [2.45, 2.75) is 12.8 Å². The Bertz CT molecular complexity index is 711. The molecule has 1 aliphatic rings. The molecule has 2 nitrogen and oxygen atoms in total. The lowest BCUT2D eigenvalue weighted by Gasteiger charge is -2.14. The summed E-state index contributed by atoms with van der Waals surface area (Å²) in [6.45, 7) is 0. The first kappa shape index (κ1) is 11.6. The van der Waals surface area contributed by atoms with Gasteiger partial charge in [-0.25, -0.2) is 4.39 Å². The highest BCUT2D eigenvalue weighted by Crippen LogP contribution is 2.30. The van der Waals surface area contributed by atoms with Crippen molar-refractivity contribution in [3.8, 4) is 17.2 Å². The van der Waals surface area contributed by atoms with E-state index in [0.717, 1.165) is 29.5 Å². The Hall–Kier alpha value is -2.47. The largest absolute Gasteiger partial charge is 0.264 e. The van der Waals surface area contributed by atoms with Gasteiger partial charge in [0.05, 0.1) is 5.56 Å². The normalized spacial score (nSPS) is 12.8. The fourth-order valence-electron chi connectivity index (χ4n) is 2.35. The number of allylic oxidation sites excluding steroid dienone is 1. The molecule has 0 aliphatic heterocycles. The van der Waals surface area contributed by atoms with E-state index in [4.69, 9.17) is 5.26 Å². The smallest absolute Gasteiger partial charge is 0.141 e. The van der Waals surface area contributed by atoms with Crippen LogP contribution in [0.2, 0.25) is 0 Å². The van der Waals surface area contributed by atoms with E-state index in [-0.39, 0.29) is 5.56 Å². The molecule has 2 aromatic rings. The van der Waals surface area contributed by atoms with E-state index in [2.05, 4.69) is 17.1 Å². The van der Waals surface area contributed by atoms with Crippen LogP contribution in [-0.2, 0) is 6.42 Å². The van der Waals surface area contributed by atoms with Crippen molar-refractivity contribution in [2.24, 2.45) is 0 Å². The maximum atomic E-state index is 13.7. The molecule has 0 fully saturated rings. The molecule has 3 heteroatoms. The topological polar surface area (TPSA) is 36.7 Å². The summed E-state index contributed by atoms with van der Waals surface area (Å²) in [6, 6.07) is 6.51. The molecule has 0 N–H and O–H groups in total. The highest BCUT2D eigenvalue weighted by atomic mass is 19.1. The molecule has 92 valence electrons. The number of aromatic nitrogens is 1. The van der Waals surface area contributed by atoms with Gasteiger partial charge < -0.3 is 0 Å². The predicted octanol–water partition coefficient (Wildman–Crippen LogP) is 3.72. The molecule has 3 rings (SSSR count). The zero-order valence-corrected chi connectivity index (χ0v) is 10.2. The Morgan fingerprint density at radius 2 is 2.16 bits per heavy atom. The fraction of sp³-hybridized carbons (Fsp3) is 0.125. The van der Waals surface area contributed by atoms with E-state index in [1.807, 2.05) is 12.3 Å². The van der Waals surface area contributed by atoms with Crippen LogP contribution in [0, 0.1) is 17.1 Å². The van der Waals surface area contributed by atoms with Gasteiger partial charge >= 0.3 is 0 Å². The van der Waals surface area contributed by atoms with Crippen LogP contribution in [0.1, 0.15) is 23.1 Å². The van der Waals surface area contributed by atoms with Crippen LogP contribution in [-0.4, -0.2) is 4.98 Å². The molecule has 1 aromatic heterocycles. The quantitative estimate of drug-likeness (QED) is 0.773. The molecular weight excluding hydrogens is 239 g/mol. The number of rotatable bonds is 1. The molecule has 1 heterocycles. The Morgan fingerprint density at radius 1 is 1.26 bits per heavy atom. The third-order valence-electron chi connectivity index (χ3n) is 3.34. The first-order valence-electron chi connectivity index (χ1n) is 6.13. The minimum Gasteiger partial charge on any atom is -0.264 e. The van der Waals surface area contributed by atoms with Crippen LogP contribution in [0.25, 0.3) is 17.2 Å². The van der Waals surface area contributed by atoms with Gasteiger partial charge in [0.25, 0.3) is 0 Å². The first-order valence-corrected chi connectivity index (χ1v) is 6.13. The van der Waals surface area contributed by atoms with Crippen LogP contribution in [0.5, 0.6) is 0 Å². The molecule has 0 radical (unpaired) electrons. The summed E-state index contributed by atoms with van der Waals surface area (Å²) in [4.78, 5) is 4.23. The van der Waals surface area contributed by atoms with Crippen molar-refractivity contribution in [2.75, 3.05) is 0 Å². The lowest BCUT2D eigenvalue weighted by atomic mass is 9.92. The molecule has 0 saturated heterocycles. The average Bonchev–Trinajstić information content (AvgIpc) is 2.46. The van der Waals surface area contributed by atoms with Gasteiger partial charge in [-0.1, -0.05) is 18.2 Å². The van der Waals surface area contributed by atoms with Crippen molar-refractivity contribution in [1.29, 1.82) is 5.26 Å². The number of nitriles is 1. The van der Waals surface area contributed by atoms with Crippen molar-refractivity contribution in [1.82, 2.24) is 4.98 Å². The van der Waals surface area contributed by atoms with Gasteiger partial charge in [0.2, 0.25) is 0 Å². The number of halogens is 1. The first-order chi connectivity index (χ1) is 9.29. The van der Waals surface area contributed by atoms with Gasteiger partial charge in [-0.3, -0.25) is 4.98 Å². The van der Waals surface area contributed by atoms with E-state index in [0.29, 0.717) is 0 Å². The highest BCUT2D eigenvalue weighted by molar-refractivity contribution is 5.77. The van der Waals surface area contributed by atoms with Gasteiger partial charge in [0.1, 0.15) is 11.9 Å². The van der Waals surface area contributed by atoms with E-state index in [1.54, 1.807) is 12.3 Å². The summed E-state index contributed by atoms with van der Waals surface area (Å²) in [6.07, 6.45) is 9.76. The van der Waals surface area contributed by atoms with Crippen LogP contribution in [0.4, 0.5) is 4.39 Å². The second kappa shape index (κ2) is 4.66. The predicted molar refractivity (Wildman–Crippen MR) is 71.7 cm³/mol. The zero-order chi connectivity index (χ0) is 13.2. The third-order valence-corrected chi connectivity index (χ3v) is 3.34. The fourth-order valence-corrected chi connectivity index (χ4v) is 2.35. The summed E-state index contributed by atoms with van der Waals surface area (Å²) < 4.78 is 13.7. The zero-order valence-electron chi connectivity index (χ0n) is 10.2. The van der Waals surface area contributed by atoms with Crippen LogP contribution in [0.15, 0.2) is 36.7 Å². The molecule has 0 amide bonds. The van der Waals surface area contributed by atoms with Crippen molar-refractivity contribution in [3.63, 3.8) is 0 Å². The third kappa shape index (κ3) is 2.02. The Morgan fingerprint density at radius 3 is 2.95 bits per heavy atom. The second-order valence-electron chi connectivity index (χ2n) is 4.51. The molecule has 1 aromatic carbocycles. The van der Waals surface area contributed by atoms with Gasteiger partial charge in [0.15, 0.2) is 0 Å². The molecular formula is C16H11FN2. The SMILES string of the molecule is N#Cc1ccc(-c2cncc3c2C=CCC3)cc1F. The molecule has 0 atom stereocenters. The number of fused-ring (bicyclic) bond motifs is 1. The molecule has 1 aliphatic carbocycles. The molecule has 0 spiro atoms. The lowest BCUT2D eigenvalue weighted by Crippen LogP contribution is -1.98. The number of nitrogens with zero attached hydrogens (tertiary/aromatic N) is 2. The van der Waals surface area contributed by atoms with E-state index in [1.165, 1.54) is 17.7 Å². The number of hydrogen-bond acceptors (Lipinski definition) is 2. The van der Waals surface area contributed by atoms with Crippen molar-refractivity contribution >= 4 is 6.08 Å². The van der Waals surface area contributed by atoms with Crippen LogP contribution in [0.3, 0.4) is 0 Å². The minimum atomic E-state index is -0.489. The van der Waals surface area contributed by atoms with Gasteiger partial charge in [-0.15, -0.1) is 0 Å². The Balaban J connectivity index is 2.16. The number of hydrogen-bond donors (Lipinski definition) is 0. The molecule has 0 saturated carbocycles. The minimum absolute atomic E-state index is 0.0667. The summed E-state index contributed by atoms with van der Waals surface area (Å²) in [5, 5.41) is 8.76. The molecule has 19 heavy (non-hydrogen) atoms. The van der Waals surface area contributed by atoms with Crippen LogP contribution < -0.4 is 0 Å². The average molecular weight is 250 g/mol. The van der Waals surface area contributed by atoms with E-state index in [9.17, 15) is 4.39 Å². The number of pyridine rings is 1. The lowest BCUT2D eigenvalue weighted by molar-refractivity contribution is 0.624. The maximum Gasteiger partial charge on any atom is 0.141 e. The van der Waals surface area contributed by atoms with Crippen LogP contribution >= 0.6 is 0 Å². The molecule has 0 bridgehead atoms. The standard InChI is InChI=1S/C16H11FN2/c17-16-7-11(5-6-12(16)8-18)15-10-19-9-13-3-1-2-4-14(13)15/h2,4-7,9-10H,1,3H2. The summed E-state index contributed by atoms with van der Waals surface area (Å²) >= 11 is 0. The second-order valence-corrected chi connectivity index (χ2v) is 4.51. The summed E-state index contributed by atoms with van der Waals surface area (Å²) in [5.74, 6) is -0.489. The van der Waals surface area contributed by atoms with Gasteiger partial charge in [0, 0.05) is 18.0 Å². The number of aryl methyl sites for hydroxylation is 1. The van der Waals surface area contributed by atoms with Crippen molar-refractivity contribution < 1.29 is 4.39 Å². The Labute approximate surface area is 110 Å². The van der Waals surface area contributed by atoms with Gasteiger partial charge in [-0.05, 0) is 41.7 Å². The Kier molecular flexibility index (Phi) is 2.85.